The highest BCUT2D eigenvalue weighted by molar-refractivity contribution is 9.10. The van der Waals surface area contributed by atoms with Crippen molar-refractivity contribution in [3.8, 4) is 0 Å². The molecule has 2 aromatic rings. The van der Waals surface area contributed by atoms with Crippen molar-refractivity contribution in [2.24, 2.45) is 0 Å². The number of fused-ring (bicyclic) bond motifs is 1. The topological polar surface area (TPSA) is 33.5 Å². The van der Waals surface area contributed by atoms with Crippen LogP contribution in [0.3, 0.4) is 0 Å². The SMILES string of the molecule is CC1CCc2ccccc2N1C(=O)c1ccoc1Br. The number of para-hydroxylation sites is 1. The Labute approximate surface area is 120 Å². The molecule has 0 saturated carbocycles. The quantitative estimate of drug-likeness (QED) is 0.795. The number of hydrogen-bond donors (Lipinski definition) is 0. The van der Waals surface area contributed by atoms with Gasteiger partial charge in [0.25, 0.3) is 5.91 Å². The maximum absolute atomic E-state index is 12.7. The zero-order valence-corrected chi connectivity index (χ0v) is 12.2. The molecule has 0 saturated heterocycles. The first-order valence-electron chi connectivity index (χ1n) is 6.33. The minimum Gasteiger partial charge on any atom is -0.457 e. The van der Waals surface area contributed by atoms with Crippen molar-refractivity contribution in [1.82, 2.24) is 0 Å². The van der Waals surface area contributed by atoms with E-state index in [0.29, 0.717) is 10.2 Å². The number of halogens is 1. The van der Waals surface area contributed by atoms with E-state index >= 15 is 0 Å². The molecule has 1 aromatic carbocycles. The molecule has 1 aliphatic rings. The molecule has 19 heavy (non-hydrogen) atoms. The van der Waals surface area contributed by atoms with Gasteiger partial charge in [0.15, 0.2) is 4.67 Å². The van der Waals surface area contributed by atoms with Gasteiger partial charge in [-0.25, -0.2) is 0 Å². The molecule has 1 aliphatic heterocycles. The summed E-state index contributed by atoms with van der Waals surface area (Å²) in [6.07, 6.45) is 3.53. The van der Waals surface area contributed by atoms with E-state index in [-0.39, 0.29) is 11.9 Å². The van der Waals surface area contributed by atoms with Crippen LogP contribution in [0.5, 0.6) is 0 Å². The smallest absolute Gasteiger partial charge is 0.263 e. The average Bonchev–Trinajstić information content (AvgIpc) is 2.84. The van der Waals surface area contributed by atoms with Crippen LogP contribution in [-0.4, -0.2) is 11.9 Å². The van der Waals surface area contributed by atoms with Gasteiger partial charge in [-0.05, 0) is 53.4 Å². The Morgan fingerprint density at radius 1 is 1.37 bits per heavy atom. The van der Waals surface area contributed by atoms with E-state index in [1.807, 2.05) is 23.1 Å². The van der Waals surface area contributed by atoms with Crippen molar-refractivity contribution in [1.29, 1.82) is 0 Å². The number of carbonyl (C=O) groups excluding carboxylic acids is 1. The summed E-state index contributed by atoms with van der Waals surface area (Å²) in [6, 6.07) is 10.00. The van der Waals surface area contributed by atoms with E-state index in [4.69, 9.17) is 4.42 Å². The normalized spacial score (nSPS) is 18.2. The summed E-state index contributed by atoms with van der Waals surface area (Å²) in [5.74, 6) is -0.0136. The second-order valence-electron chi connectivity index (χ2n) is 4.80. The molecule has 98 valence electrons. The number of hydrogen-bond acceptors (Lipinski definition) is 2. The van der Waals surface area contributed by atoms with Crippen LogP contribution in [0.4, 0.5) is 5.69 Å². The fraction of sp³-hybridized carbons (Fsp3) is 0.267. The van der Waals surface area contributed by atoms with Crippen molar-refractivity contribution in [2.75, 3.05) is 4.90 Å². The maximum atomic E-state index is 12.7. The Balaban J connectivity index is 2.05. The van der Waals surface area contributed by atoms with Crippen LogP contribution >= 0.6 is 15.9 Å². The van der Waals surface area contributed by atoms with E-state index in [0.717, 1.165) is 18.5 Å². The van der Waals surface area contributed by atoms with Gasteiger partial charge in [-0.2, -0.15) is 0 Å². The summed E-state index contributed by atoms with van der Waals surface area (Å²) in [5, 5.41) is 0. The Hall–Kier alpha value is -1.55. The number of benzene rings is 1. The molecule has 2 heterocycles. The zero-order chi connectivity index (χ0) is 13.4. The zero-order valence-electron chi connectivity index (χ0n) is 10.6. The third-order valence-electron chi connectivity index (χ3n) is 3.59. The molecule has 0 bridgehead atoms. The largest absolute Gasteiger partial charge is 0.457 e. The van der Waals surface area contributed by atoms with Crippen LogP contribution in [0.2, 0.25) is 0 Å². The van der Waals surface area contributed by atoms with Crippen LogP contribution in [0.1, 0.15) is 29.3 Å². The Morgan fingerprint density at radius 2 is 2.16 bits per heavy atom. The van der Waals surface area contributed by atoms with Crippen molar-refractivity contribution in [2.45, 2.75) is 25.8 Å². The molecule has 1 atom stereocenters. The Bertz CT molecular complexity index is 620. The highest BCUT2D eigenvalue weighted by Gasteiger charge is 2.30. The number of nitrogens with zero attached hydrogens (tertiary/aromatic N) is 1. The minimum atomic E-state index is -0.0136. The summed E-state index contributed by atoms with van der Waals surface area (Å²) >= 11 is 3.28. The molecule has 0 fully saturated rings. The number of anilines is 1. The lowest BCUT2D eigenvalue weighted by Crippen LogP contribution is -2.42. The van der Waals surface area contributed by atoms with Crippen molar-refractivity contribution in [3.05, 3.63) is 52.4 Å². The molecule has 0 aliphatic carbocycles. The highest BCUT2D eigenvalue weighted by atomic mass is 79.9. The van der Waals surface area contributed by atoms with Crippen LogP contribution in [0.25, 0.3) is 0 Å². The van der Waals surface area contributed by atoms with Crippen LogP contribution in [0.15, 0.2) is 45.7 Å². The molecule has 1 amide bonds. The lowest BCUT2D eigenvalue weighted by Gasteiger charge is -2.35. The van der Waals surface area contributed by atoms with Gasteiger partial charge in [0.1, 0.15) is 0 Å². The fourth-order valence-electron chi connectivity index (χ4n) is 2.57. The average molecular weight is 320 g/mol. The number of furan rings is 1. The van der Waals surface area contributed by atoms with Gasteiger partial charge in [0, 0.05) is 11.7 Å². The summed E-state index contributed by atoms with van der Waals surface area (Å²) in [5.41, 5.74) is 2.82. The van der Waals surface area contributed by atoms with Gasteiger partial charge >= 0.3 is 0 Å². The fourth-order valence-corrected chi connectivity index (χ4v) is 2.98. The van der Waals surface area contributed by atoms with E-state index in [9.17, 15) is 4.79 Å². The van der Waals surface area contributed by atoms with Crippen LogP contribution in [-0.2, 0) is 6.42 Å². The summed E-state index contributed by atoms with van der Waals surface area (Å²) in [6.45, 7) is 2.09. The standard InChI is InChI=1S/C15H14BrNO2/c1-10-6-7-11-4-2-3-5-13(11)17(10)15(18)12-8-9-19-14(12)16/h2-5,8-10H,6-7H2,1H3. The predicted octanol–water partition coefficient (Wildman–Crippen LogP) is 4.02. The van der Waals surface area contributed by atoms with Gasteiger partial charge in [-0.3, -0.25) is 4.79 Å². The first-order valence-corrected chi connectivity index (χ1v) is 7.12. The van der Waals surface area contributed by atoms with E-state index in [2.05, 4.69) is 28.9 Å². The summed E-state index contributed by atoms with van der Waals surface area (Å²) < 4.78 is 5.66. The van der Waals surface area contributed by atoms with Crippen LogP contribution in [0, 0.1) is 0 Å². The van der Waals surface area contributed by atoms with Crippen LogP contribution < -0.4 is 4.90 Å². The second kappa shape index (κ2) is 4.85. The third kappa shape index (κ3) is 2.10. The monoisotopic (exact) mass is 319 g/mol. The molecule has 4 heteroatoms. The maximum Gasteiger partial charge on any atom is 0.263 e. The van der Waals surface area contributed by atoms with Crippen molar-refractivity contribution < 1.29 is 9.21 Å². The molecule has 0 radical (unpaired) electrons. The minimum absolute atomic E-state index is 0.0136. The first-order chi connectivity index (χ1) is 9.18. The van der Waals surface area contributed by atoms with E-state index in [1.165, 1.54) is 11.8 Å². The molecule has 0 spiro atoms. The van der Waals surface area contributed by atoms with Gasteiger partial charge < -0.3 is 9.32 Å². The number of rotatable bonds is 1. The lowest BCUT2D eigenvalue weighted by molar-refractivity contribution is 0.0973. The molecule has 3 rings (SSSR count). The number of carbonyl (C=O) groups is 1. The van der Waals surface area contributed by atoms with Gasteiger partial charge in [-0.15, -0.1) is 0 Å². The van der Waals surface area contributed by atoms with Gasteiger partial charge in [0.2, 0.25) is 0 Å². The second-order valence-corrected chi connectivity index (χ2v) is 5.52. The molecule has 1 aromatic heterocycles. The highest BCUT2D eigenvalue weighted by Crippen LogP contribution is 2.33. The number of amides is 1. The Kier molecular flexibility index (Phi) is 3.19. The molecular weight excluding hydrogens is 306 g/mol. The molecular formula is C15H14BrNO2. The molecule has 3 nitrogen and oxygen atoms in total. The predicted molar refractivity (Wildman–Crippen MR) is 77.4 cm³/mol. The molecule has 1 unspecified atom stereocenters. The summed E-state index contributed by atoms with van der Waals surface area (Å²) in [4.78, 5) is 14.6. The lowest BCUT2D eigenvalue weighted by atomic mass is 9.96. The van der Waals surface area contributed by atoms with E-state index in [1.54, 1.807) is 6.07 Å². The van der Waals surface area contributed by atoms with Gasteiger partial charge in [0.05, 0.1) is 11.8 Å². The first kappa shape index (κ1) is 12.5. The van der Waals surface area contributed by atoms with Crippen molar-refractivity contribution >= 4 is 27.5 Å². The summed E-state index contributed by atoms with van der Waals surface area (Å²) in [7, 11) is 0. The Morgan fingerprint density at radius 3 is 2.89 bits per heavy atom. The van der Waals surface area contributed by atoms with Gasteiger partial charge in [-0.1, -0.05) is 18.2 Å². The van der Waals surface area contributed by atoms with E-state index < -0.39 is 0 Å². The molecule has 0 N–H and O–H groups in total. The van der Waals surface area contributed by atoms with Crippen molar-refractivity contribution in [3.63, 3.8) is 0 Å². The number of aryl methyl sites for hydroxylation is 1. The third-order valence-corrected chi connectivity index (χ3v) is 4.20.